The molecule has 3 heterocycles. The zero-order chi connectivity index (χ0) is 38.5. The third kappa shape index (κ3) is 7.48. The second kappa shape index (κ2) is 14.3. The van der Waals surface area contributed by atoms with E-state index >= 15 is 8.78 Å². The molecule has 1 saturated heterocycles. The van der Waals surface area contributed by atoms with Crippen molar-refractivity contribution >= 4 is 34.8 Å². The zero-order valence-corrected chi connectivity index (χ0v) is 31.2. The zero-order valence-electron chi connectivity index (χ0n) is 31.2. The highest BCUT2D eigenvalue weighted by atomic mass is 19.3. The number of carbonyl (C=O) groups excluding carboxylic acids is 4. The summed E-state index contributed by atoms with van der Waals surface area (Å²) in [5.74, 6) is -6.06. The number of alkyl carbamates (subject to hydrolysis) is 1. The molecule has 53 heavy (non-hydrogen) atoms. The number of hydrogen-bond donors (Lipinski definition) is 3. The first-order valence-corrected chi connectivity index (χ1v) is 18.4. The van der Waals surface area contributed by atoms with E-state index < -0.39 is 82.8 Å². The quantitative estimate of drug-likeness (QED) is 0.359. The van der Waals surface area contributed by atoms with E-state index in [1.165, 1.54) is 19.1 Å². The molecular weight excluding hydrogens is 690 g/mol. The fraction of sp³-hybridized carbons (Fsp3) is 0.632. The highest BCUT2D eigenvalue weighted by Crippen LogP contribution is 2.46. The molecule has 3 fully saturated rings. The molecule has 8 atom stereocenters. The van der Waals surface area contributed by atoms with E-state index in [1.807, 2.05) is 0 Å². The Balaban J connectivity index is 1.45. The number of ether oxygens (including phenoxy) is 3. The number of nitrogens with one attached hydrogen (secondary N) is 3. The standard InChI is InChI=1S/C38H50F2N6O7/c1-8-21-18-37(21,34(49)41-6)45-31(47)28-23(9-2)27-19-46(28)33(48)30(36(3,4)5)44-35(50)53-26-16-20(26)12-10-11-15-38(39,40)29-32(52-27)43-25-17-22(51-7)13-14-24(25)42-29/h8,13-14,17,20-21,23,26-28,30H,1,9-12,15-16,18-19H2,2-7H3,(H,41,49)(H,44,50)(H,45,47)/t20-,21-,23-,26-,27+,28+,30-,37?/m1/s1. The molecule has 2 aliphatic heterocycles. The van der Waals surface area contributed by atoms with Crippen LogP contribution in [0.5, 0.6) is 11.6 Å². The molecule has 2 saturated carbocycles. The fourth-order valence-electron chi connectivity index (χ4n) is 7.85. The summed E-state index contributed by atoms with van der Waals surface area (Å²) in [5, 5.41) is 8.28. The minimum atomic E-state index is -3.43. The fourth-order valence-corrected chi connectivity index (χ4v) is 7.85. The van der Waals surface area contributed by atoms with Gasteiger partial charge in [-0.25, -0.2) is 14.8 Å². The van der Waals surface area contributed by atoms with Crippen LogP contribution in [0.15, 0.2) is 30.9 Å². The van der Waals surface area contributed by atoms with Crippen LogP contribution in [0.3, 0.4) is 0 Å². The van der Waals surface area contributed by atoms with E-state index in [9.17, 15) is 19.2 Å². The van der Waals surface area contributed by atoms with Gasteiger partial charge < -0.3 is 35.1 Å². The summed E-state index contributed by atoms with van der Waals surface area (Å²) in [7, 11) is 2.95. The molecule has 0 radical (unpaired) electrons. The van der Waals surface area contributed by atoms with Gasteiger partial charge in [0.1, 0.15) is 35.6 Å². The molecule has 1 aromatic heterocycles. The molecule has 0 spiro atoms. The molecule has 2 aromatic rings. The summed E-state index contributed by atoms with van der Waals surface area (Å²) in [6, 6.07) is 2.39. The van der Waals surface area contributed by atoms with E-state index in [4.69, 9.17) is 14.2 Å². The Hall–Kier alpha value is -4.56. The average Bonchev–Trinajstić information content (AvgIpc) is 4.00. The molecule has 3 N–H and O–H groups in total. The van der Waals surface area contributed by atoms with Gasteiger partial charge in [-0.05, 0) is 55.6 Å². The Morgan fingerprint density at radius 1 is 1.15 bits per heavy atom. The van der Waals surface area contributed by atoms with Gasteiger partial charge in [0.25, 0.3) is 5.92 Å². The van der Waals surface area contributed by atoms with Gasteiger partial charge >= 0.3 is 6.09 Å². The molecule has 2 aliphatic carbocycles. The van der Waals surface area contributed by atoms with Crippen LogP contribution in [-0.2, 0) is 25.0 Å². The van der Waals surface area contributed by atoms with Gasteiger partial charge in [-0.15, -0.1) is 6.58 Å². The van der Waals surface area contributed by atoms with Gasteiger partial charge in [-0.2, -0.15) is 8.78 Å². The van der Waals surface area contributed by atoms with Crippen molar-refractivity contribution in [3.63, 3.8) is 0 Å². The molecule has 4 aliphatic rings. The summed E-state index contributed by atoms with van der Waals surface area (Å²) >= 11 is 0. The summed E-state index contributed by atoms with van der Waals surface area (Å²) in [4.78, 5) is 65.7. The van der Waals surface area contributed by atoms with E-state index in [1.54, 1.807) is 52.0 Å². The van der Waals surface area contributed by atoms with Crippen molar-refractivity contribution in [3.8, 4) is 11.6 Å². The SMILES string of the molecule is C=C[C@@H]1CC1(NC(=O)[C@@H]1[C@H](CC)[C@@H]2CN1C(=O)[C@H](C(C)(C)C)NC(=O)O[C@@H]1C[C@H]1CCCCC(F)(F)c1nc3ccc(OC)cc3nc1O2)C(=O)NC. The number of rotatable bonds is 6. The number of hydrogen-bond acceptors (Lipinski definition) is 9. The maximum absolute atomic E-state index is 16.2. The van der Waals surface area contributed by atoms with Crippen molar-refractivity contribution < 1.29 is 42.2 Å². The number of amides is 4. The third-order valence-electron chi connectivity index (χ3n) is 11.2. The van der Waals surface area contributed by atoms with Gasteiger partial charge in [0.15, 0.2) is 5.69 Å². The largest absolute Gasteiger partial charge is 0.497 e. The Labute approximate surface area is 308 Å². The third-order valence-corrected chi connectivity index (χ3v) is 11.2. The number of methoxy groups -OCH3 is 1. The number of nitrogens with zero attached hydrogens (tertiary/aromatic N) is 3. The first kappa shape index (κ1) is 38.2. The van der Waals surface area contributed by atoms with Gasteiger partial charge in [0, 0.05) is 31.4 Å². The van der Waals surface area contributed by atoms with Crippen LogP contribution in [0.1, 0.15) is 78.3 Å². The minimum absolute atomic E-state index is 0.0264. The summed E-state index contributed by atoms with van der Waals surface area (Å²) in [6.45, 7) is 10.8. The molecular formula is C38H50F2N6O7. The lowest BCUT2D eigenvalue weighted by Gasteiger charge is -2.36. The second-order valence-electron chi connectivity index (χ2n) is 15.8. The maximum atomic E-state index is 16.2. The Morgan fingerprint density at radius 2 is 1.91 bits per heavy atom. The smallest absolute Gasteiger partial charge is 0.408 e. The first-order valence-electron chi connectivity index (χ1n) is 18.4. The predicted molar refractivity (Wildman–Crippen MR) is 190 cm³/mol. The summed E-state index contributed by atoms with van der Waals surface area (Å²) in [6.07, 6.45) is 1.37. The van der Waals surface area contributed by atoms with Crippen LogP contribution in [0.25, 0.3) is 11.0 Å². The molecule has 4 amide bonds. The summed E-state index contributed by atoms with van der Waals surface area (Å²) in [5.41, 5.74) is -2.25. The van der Waals surface area contributed by atoms with Crippen molar-refractivity contribution in [1.82, 2.24) is 30.8 Å². The normalized spacial score (nSPS) is 31.3. The van der Waals surface area contributed by atoms with Gasteiger partial charge in [0.05, 0.1) is 24.7 Å². The number of aromatic nitrogens is 2. The van der Waals surface area contributed by atoms with E-state index in [0.717, 1.165) is 0 Å². The van der Waals surface area contributed by atoms with Gasteiger partial charge in [-0.3, -0.25) is 14.4 Å². The number of benzene rings is 1. The van der Waals surface area contributed by atoms with E-state index in [2.05, 4.69) is 32.5 Å². The van der Waals surface area contributed by atoms with Crippen LogP contribution in [0, 0.1) is 23.2 Å². The lowest BCUT2D eigenvalue weighted by Crippen LogP contribution is -2.60. The van der Waals surface area contributed by atoms with E-state index in [-0.39, 0.29) is 48.4 Å². The molecule has 1 aromatic carbocycles. The van der Waals surface area contributed by atoms with Crippen LogP contribution in [0.2, 0.25) is 0 Å². The highest BCUT2D eigenvalue weighted by molar-refractivity contribution is 5.98. The Kier molecular flexibility index (Phi) is 10.3. The number of fused-ring (bicyclic) bond motifs is 5. The summed E-state index contributed by atoms with van der Waals surface area (Å²) < 4.78 is 49.9. The number of alkyl halides is 2. The van der Waals surface area contributed by atoms with Crippen molar-refractivity contribution in [3.05, 3.63) is 36.5 Å². The Bertz CT molecular complexity index is 1780. The topological polar surface area (TPSA) is 161 Å². The second-order valence-corrected chi connectivity index (χ2v) is 15.8. The number of likely N-dealkylation sites (N-methyl/N-ethyl adjacent to an activating group) is 1. The molecule has 15 heteroatoms. The predicted octanol–water partition coefficient (Wildman–Crippen LogP) is 4.62. The number of halogens is 2. The lowest BCUT2D eigenvalue weighted by atomic mass is 9.85. The van der Waals surface area contributed by atoms with Crippen LogP contribution in [-0.4, -0.2) is 89.2 Å². The van der Waals surface area contributed by atoms with Gasteiger partial charge in [0.2, 0.25) is 23.6 Å². The van der Waals surface area contributed by atoms with Crippen LogP contribution in [0.4, 0.5) is 13.6 Å². The van der Waals surface area contributed by atoms with Crippen molar-refractivity contribution in [2.24, 2.45) is 23.2 Å². The minimum Gasteiger partial charge on any atom is -0.497 e. The molecule has 1 unspecified atom stereocenters. The lowest BCUT2D eigenvalue weighted by molar-refractivity contribution is -0.143. The van der Waals surface area contributed by atoms with Crippen molar-refractivity contribution in [2.45, 2.75) is 108 Å². The number of carbonyl (C=O) groups is 4. The molecule has 13 nitrogen and oxygen atoms in total. The Morgan fingerprint density at radius 3 is 2.55 bits per heavy atom. The maximum Gasteiger partial charge on any atom is 0.408 e. The van der Waals surface area contributed by atoms with Crippen LogP contribution >= 0.6 is 0 Å². The average molecular weight is 741 g/mol. The molecule has 6 rings (SSSR count). The van der Waals surface area contributed by atoms with Crippen molar-refractivity contribution in [1.29, 1.82) is 0 Å². The highest BCUT2D eigenvalue weighted by Gasteiger charge is 2.61. The van der Waals surface area contributed by atoms with Gasteiger partial charge in [-0.1, -0.05) is 40.2 Å². The molecule has 288 valence electrons. The first-order chi connectivity index (χ1) is 25.1. The van der Waals surface area contributed by atoms with Crippen LogP contribution < -0.4 is 25.4 Å². The van der Waals surface area contributed by atoms with Crippen molar-refractivity contribution in [2.75, 3.05) is 20.7 Å². The monoisotopic (exact) mass is 740 g/mol. The van der Waals surface area contributed by atoms with E-state index in [0.29, 0.717) is 31.4 Å². The molecule has 2 bridgehead atoms.